The third-order valence-corrected chi connectivity index (χ3v) is 4.97. The highest BCUT2D eigenvalue weighted by atomic mass is 16.5. The molecule has 7 nitrogen and oxygen atoms in total. The van der Waals surface area contributed by atoms with Crippen LogP contribution < -0.4 is 10.2 Å². The van der Waals surface area contributed by atoms with Crippen molar-refractivity contribution in [1.82, 2.24) is 14.4 Å². The number of carbonyl (C=O) groups excluding carboxylic acids is 1. The predicted octanol–water partition coefficient (Wildman–Crippen LogP) is 2.97. The minimum absolute atomic E-state index is 0.229. The van der Waals surface area contributed by atoms with E-state index in [1.165, 1.54) is 0 Å². The molecule has 0 spiro atoms. The quantitative estimate of drug-likeness (QED) is 0.598. The largest absolute Gasteiger partial charge is 0.378 e. The van der Waals surface area contributed by atoms with Crippen molar-refractivity contribution < 1.29 is 9.53 Å². The molecule has 4 heterocycles. The molecular formula is C21H19N5O2. The molecule has 1 saturated heterocycles. The van der Waals surface area contributed by atoms with Crippen LogP contribution in [0.3, 0.4) is 0 Å². The molecule has 140 valence electrons. The highest BCUT2D eigenvalue weighted by molar-refractivity contribution is 6.11. The molecule has 0 atom stereocenters. The summed E-state index contributed by atoms with van der Waals surface area (Å²) in [5, 5.41) is 4.95. The minimum atomic E-state index is -0.229. The standard InChI is InChI=1S/C21H19N5O2/c27-20(23-17-5-3-4-15-14-22-8-7-16(15)17)19-18-6-1-2-9-26(18)21(24-19)25-10-12-28-13-11-25/h1-9,14H,10-13H2,(H,23,27). The van der Waals surface area contributed by atoms with Gasteiger partial charge in [-0.05, 0) is 24.3 Å². The molecule has 0 bridgehead atoms. The van der Waals surface area contributed by atoms with Gasteiger partial charge in [-0.1, -0.05) is 18.2 Å². The van der Waals surface area contributed by atoms with Crippen molar-refractivity contribution in [2.24, 2.45) is 0 Å². The van der Waals surface area contributed by atoms with Crippen molar-refractivity contribution >= 4 is 33.8 Å². The van der Waals surface area contributed by atoms with Crippen LogP contribution in [0.5, 0.6) is 0 Å². The average Bonchev–Trinajstić information content (AvgIpc) is 3.15. The Bertz CT molecular complexity index is 1160. The van der Waals surface area contributed by atoms with Crippen LogP contribution in [0, 0.1) is 0 Å². The molecule has 0 unspecified atom stereocenters. The fourth-order valence-electron chi connectivity index (χ4n) is 3.59. The number of amides is 1. The zero-order chi connectivity index (χ0) is 18.9. The maximum atomic E-state index is 13.1. The summed E-state index contributed by atoms with van der Waals surface area (Å²) >= 11 is 0. The first-order valence-electron chi connectivity index (χ1n) is 9.25. The van der Waals surface area contributed by atoms with E-state index in [2.05, 4.69) is 15.2 Å². The smallest absolute Gasteiger partial charge is 0.276 e. The van der Waals surface area contributed by atoms with Crippen LogP contribution in [0.1, 0.15) is 10.5 Å². The van der Waals surface area contributed by atoms with Crippen molar-refractivity contribution in [2.45, 2.75) is 0 Å². The topological polar surface area (TPSA) is 71.8 Å². The van der Waals surface area contributed by atoms with Gasteiger partial charge in [0.2, 0.25) is 5.95 Å². The summed E-state index contributed by atoms with van der Waals surface area (Å²) in [6.07, 6.45) is 5.45. The van der Waals surface area contributed by atoms with E-state index in [0.717, 1.165) is 41.0 Å². The van der Waals surface area contributed by atoms with Crippen LogP contribution in [0.25, 0.3) is 16.3 Å². The lowest BCUT2D eigenvalue weighted by Gasteiger charge is -2.27. The molecule has 1 aliphatic rings. The van der Waals surface area contributed by atoms with E-state index < -0.39 is 0 Å². The van der Waals surface area contributed by atoms with E-state index >= 15 is 0 Å². The first-order chi connectivity index (χ1) is 13.8. The van der Waals surface area contributed by atoms with Gasteiger partial charge in [-0.25, -0.2) is 4.98 Å². The Hall–Kier alpha value is -3.45. The van der Waals surface area contributed by atoms with E-state index in [9.17, 15) is 4.79 Å². The highest BCUT2D eigenvalue weighted by Gasteiger charge is 2.22. The molecule has 1 aliphatic heterocycles. The number of rotatable bonds is 3. The Balaban J connectivity index is 1.54. The molecule has 1 aromatic carbocycles. The summed E-state index contributed by atoms with van der Waals surface area (Å²) in [6.45, 7) is 2.83. The molecule has 0 radical (unpaired) electrons. The lowest BCUT2D eigenvalue weighted by Crippen LogP contribution is -2.37. The van der Waals surface area contributed by atoms with Crippen LogP contribution in [0.2, 0.25) is 0 Å². The third-order valence-electron chi connectivity index (χ3n) is 4.97. The number of hydrogen-bond donors (Lipinski definition) is 1. The van der Waals surface area contributed by atoms with Crippen LogP contribution in [0.4, 0.5) is 11.6 Å². The number of ether oxygens (including phenoxy) is 1. The second-order valence-corrected chi connectivity index (χ2v) is 6.67. The molecule has 0 aliphatic carbocycles. The van der Waals surface area contributed by atoms with Crippen LogP contribution in [-0.2, 0) is 4.74 Å². The number of nitrogens with zero attached hydrogens (tertiary/aromatic N) is 4. The van der Waals surface area contributed by atoms with Crippen LogP contribution in [-0.4, -0.2) is 46.6 Å². The zero-order valence-corrected chi connectivity index (χ0v) is 15.2. The van der Waals surface area contributed by atoms with Gasteiger partial charge in [-0.2, -0.15) is 0 Å². The predicted molar refractivity (Wildman–Crippen MR) is 108 cm³/mol. The SMILES string of the molecule is O=C(Nc1cccc2cnccc12)c1nc(N2CCOCC2)n2ccccc12. The number of benzene rings is 1. The second-order valence-electron chi connectivity index (χ2n) is 6.67. The van der Waals surface area contributed by atoms with Crippen LogP contribution in [0.15, 0.2) is 61.1 Å². The molecule has 1 fully saturated rings. The van der Waals surface area contributed by atoms with E-state index in [4.69, 9.17) is 9.72 Å². The monoisotopic (exact) mass is 373 g/mol. The maximum absolute atomic E-state index is 13.1. The summed E-state index contributed by atoms with van der Waals surface area (Å²) < 4.78 is 7.41. The summed E-state index contributed by atoms with van der Waals surface area (Å²) in [7, 11) is 0. The number of carbonyl (C=O) groups is 1. The molecule has 3 aromatic heterocycles. The van der Waals surface area contributed by atoms with E-state index in [1.54, 1.807) is 12.4 Å². The Morgan fingerprint density at radius 3 is 2.86 bits per heavy atom. The summed E-state index contributed by atoms with van der Waals surface area (Å²) in [5.74, 6) is 0.540. The van der Waals surface area contributed by atoms with Crippen molar-refractivity contribution in [3.8, 4) is 0 Å². The number of morpholine rings is 1. The van der Waals surface area contributed by atoms with Gasteiger partial charge >= 0.3 is 0 Å². The molecular weight excluding hydrogens is 354 g/mol. The van der Waals surface area contributed by atoms with Gasteiger partial charge < -0.3 is 15.0 Å². The lowest BCUT2D eigenvalue weighted by atomic mass is 10.1. The van der Waals surface area contributed by atoms with Crippen molar-refractivity contribution in [2.75, 3.05) is 36.5 Å². The first kappa shape index (κ1) is 16.7. The average molecular weight is 373 g/mol. The maximum Gasteiger partial charge on any atom is 0.276 e. The van der Waals surface area contributed by atoms with E-state index in [0.29, 0.717) is 18.9 Å². The zero-order valence-electron chi connectivity index (χ0n) is 15.2. The van der Waals surface area contributed by atoms with Gasteiger partial charge in [0, 0.05) is 48.1 Å². The summed E-state index contributed by atoms with van der Waals surface area (Å²) in [4.78, 5) is 24.1. The minimum Gasteiger partial charge on any atom is -0.378 e. The molecule has 5 rings (SSSR count). The summed E-state index contributed by atoms with van der Waals surface area (Å²) in [5.41, 5.74) is 1.94. The number of fused-ring (bicyclic) bond motifs is 2. The Labute approximate surface area is 161 Å². The number of imidazole rings is 1. The fourth-order valence-corrected chi connectivity index (χ4v) is 3.59. The van der Waals surface area contributed by atoms with E-state index in [-0.39, 0.29) is 5.91 Å². The second kappa shape index (κ2) is 6.94. The summed E-state index contributed by atoms with van der Waals surface area (Å²) in [6, 6.07) is 13.4. The molecule has 0 saturated carbocycles. The van der Waals surface area contributed by atoms with Crippen LogP contribution >= 0.6 is 0 Å². The molecule has 4 aromatic rings. The Morgan fingerprint density at radius 1 is 1.07 bits per heavy atom. The number of aromatic nitrogens is 3. The number of nitrogens with one attached hydrogen (secondary N) is 1. The molecule has 7 heteroatoms. The molecule has 28 heavy (non-hydrogen) atoms. The number of pyridine rings is 2. The van der Waals surface area contributed by atoms with Gasteiger partial charge in [0.25, 0.3) is 5.91 Å². The normalized spacial score (nSPS) is 14.5. The van der Waals surface area contributed by atoms with Gasteiger partial charge in [0.05, 0.1) is 18.7 Å². The van der Waals surface area contributed by atoms with E-state index in [1.807, 2.05) is 53.1 Å². The van der Waals surface area contributed by atoms with Gasteiger partial charge in [-0.3, -0.25) is 14.2 Å². The molecule has 1 amide bonds. The number of hydrogen-bond acceptors (Lipinski definition) is 5. The molecule has 1 N–H and O–H groups in total. The van der Waals surface area contributed by atoms with Gasteiger partial charge in [-0.15, -0.1) is 0 Å². The van der Waals surface area contributed by atoms with Crippen molar-refractivity contribution in [3.63, 3.8) is 0 Å². The fraction of sp³-hybridized carbons (Fsp3) is 0.190. The Kier molecular flexibility index (Phi) is 4.14. The number of anilines is 2. The third kappa shape index (κ3) is 2.86. The Morgan fingerprint density at radius 2 is 1.96 bits per heavy atom. The van der Waals surface area contributed by atoms with Crippen molar-refractivity contribution in [1.29, 1.82) is 0 Å². The van der Waals surface area contributed by atoms with Crippen molar-refractivity contribution in [3.05, 3.63) is 66.7 Å². The van der Waals surface area contributed by atoms with Gasteiger partial charge in [0.15, 0.2) is 5.69 Å². The lowest BCUT2D eigenvalue weighted by molar-refractivity contribution is 0.102. The van der Waals surface area contributed by atoms with Gasteiger partial charge in [0.1, 0.15) is 0 Å². The first-order valence-corrected chi connectivity index (χ1v) is 9.25. The highest BCUT2D eigenvalue weighted by Crippen LogP contribution is 2.25.